The van der Waals surface area contributed by atoms with Crippen LogP contribution < -0.4 is 0 Å². The summed E-state index contributed by atoms with van der Waals surface area (Å²) in [5, 5.41) is 29.6. The first-order valence-electron chi connectivity index (χ1n) is 6.47. The van der Waals surface area contributed by atoms with Crippen molar-refractivity contribution >= 4 is 23.5 Å². The minimum absolute atomic E-state index is 3.01. The maximum atomic E-state index is 13.4. The summed E-state index contributed by atoms with van der Waals surface area (Å²) >= 11 is 0. The molecule has 1 aliphatic rings. The third kappa shape index (κ3) is 6.01. The Hall–Kier alpha value is -0.0000000000000000971. The van der Waals surface area contributed by atoms with E-state index < -0.39 is 65.8 Å². The second-order valence-corrected chi connectivity index (χ2v) is 8.97. The molecule has 0 saturated heterocycles. The van der Waals surface area contributed by atoms with E-state index in [0.717, 1.165) is 0 Å². The predicted molar refractivity (Wildman–Crippen MR) is 73.8 cm³/mol. The lowest BCUT2D eigenvalue weighted by atomic mass is 9.74. The van der Waals surface area contributed by atoms with Gasteiger partial charge in [0.1, 0.15) is 30.5 Å². The van der Waals surface area contributed by atoms with E-state index in [1.165, 1.54) is 0 Å². The summed E-state index contributed by atoms with van der Waals surface area (Å²) in [7, 11) is -17.7. The molecule has 1 fully saturated rings. The molecule has 21 heteroatoms. The smallest absolute Gasteiger partial charge is 0.387 e. The summed E-state index contributed by atoms with van der Waals surface area (Å²) in [6.45, 7) is 0. The highest BCUT2D eigenvalue weighted by atomic mass is 31.2. The van der Waals surface area contributed by atoms with Crippen LogP contribution in [-0.4, -0.2) is 87.0 Å². The first-order chi connectivity index (χ1) is 12.1. The highest BCUT2D eigenvalue weighted by molar-refractivity contribution is 7.46. The number of hydrogen-bond donors (Lipinski definition) is 9. The lowest BCUT2D eigenvalue weighted by Gasteiger charge is -2.51. The van der Waals surface area contributed by atoms with Crippen LogP contribution >= 0.6 is 23.5 Å². The standard InChI is InChI=1S/C7H14F3O15P3/c8-7(9,10)6(13)4(12)2(23-26(14,15)16)1(11)3(24-27(17,18)19)5(6)25-28(20,21)22/h1-5,11-13H,(H2,14,15,16)(H2,17,18,19)(H2,20,21,22)/t1-,2-,3+,4-,5-,6-/m0/s1. The maximum absolute atomic E-state index is 13.4. The van der Waals surface area contributed by atoms with Gasteiger partial charge in [-0.3, -0.25) is 13.6 Å². The number of halogens is 3. The third-order valence-corrected chi connectivity index (χ3v) is 4.93. The Morgan fingerprint density at radius 1 is 0.750 bits per heavy atom. The van der Waals surface area contributed by atoms with E-state index >= 15 is 0 Å². The highest BCUT2D eigenvalue weighted by Crippen LogP contribution is 2.55. The average molecular weight is 488 g/mol. The van der Waals surface area contributed by atoms with Gasteiger partial charge in [-0.2, -0.15) is 13.2 Å². The molecule has 0 bridgehead atoms. The maximum Gasteiger partial charge on any atom is 0.470 e. The fourth-order valence-electron chi connectivity index (χ4n) is 2.39. The molecule has 28 heavy (non-hydrogen) atoms. The summed E-state index contributed by atoms with van der Waals surface area (Å²) in [5.74, 6) is 0. The lowest BCUT2D eigenvalue weighted by molar-refractivity contribution is -0.358. The van der Waals surface area contributed by atoms with Gasteiger partial charge in [-0.25, -0.2) is 13.7 Å². The van der Waals surface area contributed by atoms with Gasteiger partial charge in [0, 0.05) is 0 Å². The summed E-state index contributed by atoms with van der Waals surface area (Å²) in [5.41, 5.74) is -4.90. The molecule has 0 amide bonds. The number of hydrogen-bond acceptors (Lipinski definition) is 9. The molecule has 1 saturated carbocycles. The molecule has 0 radical (unpaired) electrons. The molecule has 9 N–H and O–H groups in total. The first-order valence-corrected chi connectivity index (χ1v) is 11.1. The van der Waals surface area contributed by atoms with Crippen LogP contribution in [0.25, 0.3) is 0 Å². The first kappa shape index (κ1) is 26.0. The highest BCUT2D eigenvalue weighted by Gasteiger charge is 2.74. The van der Waals surface area contributed by atoms with Gasteiger partial charge in [0.25, 0.3) is 0 Å². The van der Waals surface area contributed by atoms with Crippen LogP contribution in [0.1, 0.15) is 0 Å². The van der Waals surface area contributed by atoms with Crippen molar-refractivity contribution in [2.45, 2.75) is 42.3 Å². The molecule has 0 aliphatic heterocycles. The molecule has 0 heterocycles. The molecule has 0 aromatic carbocycles. The Labute approximate surface area is 152 Å². The predicted octanol–water partition coefficient (Wildman–Crippen LogP) is -2.55. The van der Waals surface area contributed by atoms with Crippen molar-refractivity contribution in [2.24, 2.45) is 0 Å². The molecule has 0 spiro atoms. The molecule has 0 aromatic rings. The number of alkyl halides is 3. The number of phosphoric acid groups is 3. The fraction of sp³-hybridized carbons (Fsp3) is 1.00. The molecular formula is C7H14F3O15P3. The Balaban J connectivity index is 3.68. The minimum atomic E-state index is -6.13. The Morgan fingerprint density at radius 3 is 1.43 bits per heavy atom. The molecular weight excluding hydrogens is 474 g/mol. The number of aliphatic hydroxyl groups is 3. The molecule has 1 aliphatic carbocycles. The van der Waals surface area contributed by atoms with Crippen molar-refractivity contribution < 1.29 is 85.1 Å². The molecule has 6 atom stereocenters. The van der Waals surface area contributed by atoms with Crippen molar-refractivity contribution in [1.29, 1.82) is 0 Å². The molecule has 0 unspecified atom stereocenters. The van der Waals surface area contributed by atoms with Crippen molar-refractivity contribution in [3.8, 4) is 0 Å². The normalized spacial score (nSPS) is 35.8. The Bertz CT molecular complexity index is 710. The largest absolute Gasteiger partial charge is 0.470 e. The van der Waals surface area contributed by atoms with Gasteiger partial charge in [-0.1, -0.05) is 0 Å². The van der Waals surface area contributed by atoms with Gasteiger partial charge in [-0.15, -0.1) is 0 Å². The van der Waals surface area contributed by atoms with Gasteiger partial charge in [0.2, 0.25) is 5.60 Å². The van der Waals surface area contributed by atoms with Gasteiger partial charge in [0.05, 0.1) is 0 Å². The van der Waals surface area contributed by atoms with Crippen LogP contribution in [-0.2, 0) is 27.3 Å². The lowest BCUT2D eigenvalue weighted by Crippen LogP contribution is -2.76. The Morgan fingerprint density at radius 2 is 1.11 bits per heavy atom. The quantitative estimate of drug-likeness (QED) is 0.174. The van der Waals surface area contributed by atoms with Gasteiger partial charge < -0.3 is 44.7 Å². The van der Waals surface area contributed by atoms with Crippen LogP contribution in [0.5, 0.6) is 0 Å². The zero-order chi connectivity index (χ0) is 22.5. The van der Waals surface area contributed by atoms with E-state index in [1.54, 1.807) is 0 Å². The summed E-state index contributed by atoms with van der Waals surface area (Å²) in [4.78, 5) is 52.4. The second kappa shape index (κ2) is 7.92. The van der Waals surface area contributed by atoms with Crippen LogP contribution in [0, 0.1) is 0 Å². The van der Waals surface area contributed by atoms with E-state index in [9.17, 15) is 42.2 Å². The topological polar surface area (TPSA) is 261 Å². The van der Waals surface area contributed by atoms with Crippen LogP contribution in [0.3, 0.4) is 0 Å². The van der Waals surface area contributed by atoms with Gasteiger partial charge in [0.15, 0.2) is 0 Å². The van der Waals surface area contributed by atoms with Crippen molar-refractivity contribution in [1.82, 2.24) is 0 Å². The molecule has 0 aromatic heterocycles. The zero-order valence-electron chi connectivity index (χ0n) is 12.8. The Kier molecular flexibility index (Phi) is 7.37. The number of phosphoric ester groups is 3. The van der Waals surface area contributed by atoms with E-state index in [2.05, 4.69) is 13.6 Å². The van der Waals surface area contributed by atoms with Crippen LogP contribution in [0.4, 0.5) is 13.2 Å². The van der Waals surface area contributed by atoms with Crippen molar-refractivity contribution in [3.63, 3.8) is 0 Å². The SMILES string of the molecule is O=P(O)(O)O[C@@H]1[C@@H](O)[C@H](OP(=O)(O)O)[C@H](O)[C@@](O)(C(F)(F)F)[C@H]1OP(=O)(O)O. The van der Waals surface area contributed by atoms with E-state index in [0.29, 0.717) is 0 Å². The van der Waals surface area contributed by atoms with Gasteiger partial charge >= 0.3 is 29.6 Å². The summed E-state index contributed by atoms with van der Waals surface area (Å²) in [6.07, 6.45) is -22.6. The summed E-state index contributed by atoms with van der Waals surface area (Å²) < 4.78 is 84.3. The van der Waals surface area contributed by atoms with Gasteiger partial charge in [-0.05, 0) is 0 Å². The third-order valence-electron chi connectivity index (χ3n) is 3.39. The average Bonchev–Trinajstić information content (AvgIpc) is 2.40. The molecule has 1 rings (SSSR count). The van der Waals surface area contributed by atoms with Crippen molar-refractivity contribution in [3.05, 3.63) is 0 Å². The minimum Gasteiger partial charge on any atom is -0.387 e. The second-order valence-electron chi connectivity index (χ2n) is 5.40. The van der Waals surface area contributed by atoms with E-state index in [-0.39, 0.29) is 0 Å². The number of rotatable bonds is 6. The van der Waals surface area contributed by atoms with E-state index in [1.807, 2.05) is 0 Å². The van der Waals surface area contributed by atoms with E-state index in [4.69, 9.17) is 29.4 Å². The summed E-state index contributed by atoms with van der Waals surface area (Å²) in [6, 6.07) is 0. The molecule has 168 valence electrons. The fourth-order valence-corrected chi connectivity index (χ4v) is 4.08. The number of aliphatic hydroxyl groups excluding tert-OH is 2. The van der Waals surface area contributed by atoms with Crippen LogP contribution in [0.15, 0.2) is 0 Å². The zero-order valence-corrected chi connectivity index (χ0v) is 15.5. The van der Waals surface area contributed by atoms with Crippen LogP contribution in [0.2, 0.25) is 0 Å². The van der Waals surface area contributed by atoms with Crippen molar-refractivity contribution in [2.75, 3.05) is 0 Å². The monoisotopic (exact) mass is 488 g/mol. The molecule has 15 nitrogen and oxygen atoms in total.